The van der Waals surface area contributed by atoms with Crippen molar-refractivity contribution >= 4 is 29.9 Å². The Bertz CT molecular complexity index is 694. The minimum atomic E-state index is 0. The molecule has 1 aromatic rings. The number of anilines is 1. The second-order valence-electron chi connectivity index (χ2n) is 8.03. The Morgan fingerprint density at radius 2 is 1.92 bits per heavy atom. The van der Waals surface area contributed by atoms with Crippen molar-refractivity contribution < 1.29 is 9.59 Å². The van der Waals surface area contributed by atoms with Crippen LogP contribution >= 0.6 is 12.4 Å². The van der Waals surface area contributed by atoms with Crippen LogP contribution in [0.1, 0.15) is 48.0 Å². The highest BCUT2D eigenvalue weighted by atomic mass is 35.5. The lowest BCUT2D eigenvalue weighted by Crippen LogP contribution is -2.48. The van der Waals surface area contributed by atoms with Gasteiger partial charge in [-0.05, 0) is 61.6 Å². The highest BCUT2D eigenvalue weighted by Gasteiger charge is 2.40. The van der Waals surface area contributed by atoms with E-state index in [1.807, 2.05) is 25.2 Å². The molecule has 2 fully saturated rings. The summed E-state index contributed by atoms with van der Waals surface area (Å²) in [5.74, 6) is 1.14. The van der Waals surface area contributed by atoms with Crippen LogP contribution in [0.15, 0.2) is 18.2 Å². The molecule has 3 N–H and O–H groups in total. The van der Waals surface area contributed by atoms with Crippen LogP contribution in [0.25, 0.3) is 0 Å². The Labute approximate surface area is 161 Å². The van der Waals surface area contributed by atoms with Gasteiger partial charge in [-0.3, -0.25) is 9.59 Å². The fourth-order valence-corrected chi connectivity index (χ4v) is 4.91. The summed E-state index contributed by atoms with van der Waals surface area (Å²) in [4.78, 5) is 26.8. The molecule has 2 aliphatic carbocycles. The van der Waals surface area contributed by atoms with E-state index >= 15 is 0 Å². The molecule has 0 radical (unpaired) electrons. The van der Waals surface area contributed by atoms with E-state index in [0.717, 1.165) is 49.9 Å². The van der Waals surface area contributed by atoms with Crippen molar-refractivity contribution in [3.63, 3.8) is 0 Å². The number of nitrogens with one attached hydrogen (secondary N) is 1. The van der Waals surface area contributed by atoms with Gasteiger partial charge >= 0.3 is 0 Å². The molecule has 6 heteroatoms. The van der Waals surface area contributed by atoms with E-state index in [1.54, 1.807) is 4.90 Å². The smallest absolute Gasteiger partial charge is 0.253 e. The maximum absolute atomic E-state index is 12.8. The molecule has 5 nitrogen and oxygen atoms in total. The monoisotopic (exact) mass is 377 g/mol. The SMILES string of the molecule is CN1CCc2ccc(NC(=O)C3CC4CCCC(C3)C4N)cc2C1=O.Cl. The van der Waals surface area contributed by atoms with Crippen molar-refractivity contribution in [2.45, 2.75) is 44.6 Å². The molecule has 2 amide bonds. The van der Waals surface area contributed by atoms with E-state index in [0.29, 0.717) is 17.4 Å². The molecule has 3 aliphatic rings. The molecule has 0 aromatic heterocycles. The molecule has 26 heavy (non-hydrogen) atoms. The molecule has 2 atom stereocenters. The fraction of sp³-hybridized carbons (Fsp3) is 0.600. The number of hydrogen-bond acceptors (Lipinski definition) is 3. The molecule has 4 rings (SSSR count). The van der Waals surface area contributed by atoms with Crippen LogP contribution in [-0.2, 0) is 11.2 Å². The summed E-state index contributed by atoms with van der Waals surface area (Å²) in [6.07, 6.45) is 6.22. The Balaban J connectivity index is 0.00000196. The summed E-state index contributed by atoms with van der Waals surface area (Å²) in [6.45, 7) is 0.753. The van der Waals surface area contributed by atoms with E-state index < -0.39 is 0 Å². The Hall–Kier alpha value is -1.59. The van der Waals surface area contributed by atoms with Crippen LogP contribution in [-0.4, -0.2) is 36.3 Å². The summed E-state index contributed by atoms with van der Waals surface area (Å²) in [7, 11) is 1.82. The first-order chi connectivity index (χ1) is 12.0. The molecule has 142 valence electrons. The lowest BCUT2D eigenvalue weighted by Gasteiger charge is -2.43. The highest BCUT2D eigenvalue weighted by molar-refractivity contribution is 5.99. The number of carbonyl (C=O) groups is 2. The minimum Gasteiger partial charge on any atom is -0.341 e. The first-order valence-corrected chi connectivity index (χ1v) is 9.48. The van der Waals surface area contributed by atoms with Crippen molar-refractivity contribution in [3.8, 4) is 0 Å². The van der Waals surface area contributed by atoms with Crippen LogP contribution in [0.4, 0.5) is 5.69 Å². The lowest BCUT2D eigenvalue weighted by molar-refractivity contribution is -0.122. The van der Waals surface area contributed by atoms with Crippen molar-refractivity contribution in [1.82, 2.24) is 4.90 Å². The predicted octanol–water partition coefficient (Wildman–Crippen LogP) is 2.83. The summed E-state index contributed by atoms with van der Waals surface area (Å²) in [5.41, 5.74) is 8.84. The van der Waals surface area contributed by atoms with E-state index in [9.17, 15) is 9.59 Å². The van der Waals surface area contributed by atoms with Crippen LogP contribution in [0.5, 0.6) is 0 Å². The van der Waals surface area contributed by atoms with Gasteiger partial charge in [-0.1, -0.05) is 12.5 Å². The lowest BCUT2D eigenvalue weighted by atomic mass is 9.65. The van der Waals surface area contributed by atoms with Crippen LogP contribution in [0.3, 0.4) is 0 Å². The largest absolute Gasteiger partial charge is 0.341 e. The van der Waals surface area contributed by atoms with Crippen LogP contribution in [0, 0.1) is 17.8 Å². The van der Waals surface area contributed by atoms with Gasteiger partial charge in [-0.25, -0.2) is 0 Å². The summed E-state index contributed by atoms with van der Waals surface area (Å²) < 4.78 is 0. The van der Waals surface area contributed by atoms with Crippen molar-refractivity contribution in [2.24, 2.45) is 23.5 Å². The van der Waals surface area contributed by atoms with E-state index in [1.165, 1.54) is 6.42 Å². The third-order valence-electron chi connectivity index (χ3n) is 6.45. The molecule has 1 aromatic carbocycles. The predicted molar refractivity (Wildman–Crippen MR) is 105 cm³/mol. The van der Waals surface area contributed by atoms with Gasteiger partial charge < -0.3 is 16.0 Å². The van der Waals surface area contributed by atoms with E-state index in [4.69, 9.17) is 5.73 Å². The molecule has 2 unspecified atom stereocenters. The summed E-state index contributed by atoms with van der Waals surface area (Å²) >= 11 is 0. The number of halogens is 1. The third kappa shape index (κ3) is 3.47. The van der Waals surface area contributed by atoms with E-state index in [2.05, 4.69) is 5.32 Å². The molecule has 1 aliphatic heterocycles. The van der Waals surface area contributed by atoms with Gasteiger partial charge in [-0.15, -0.1) is 12.4 Å². The number of rotatable bonds is 2. The van der Waals surface area contributed by atoms with Crippen LogP contribution in [0.2, 0.25) is 0 Å². The molecular formula is C20H28ClN3O2. The molecule has 0 saturated heterocycles. The van der Waals surface area contributed by atoms with Gasteiger partial charge in [0.25, 0.3) is 5.91 Å². The fourth-order valence-electron chi connectivity index (χ4n) is 4.91. The number of benzene rings is 1. The zero-order valence-electron chi connectivity index (χ0n) is 15.2. The average molecular weight is 378 g/mol. The summed E-state index contributed by atoms with van der Waals surface area (Å²) in [5, 5.41) is 3.05. The quantitative estimate of drug-likeness (QED) is 0.832. The number of carbonyl (C=O) groups excluding carboxylic acids is 2. The molecule has 0 spiro atoms. The van der Waals surface area contributed by atoms with E-state index in [-0.39, 0.29) is 36.2 Å². The van der Waals surface area contributed by atoms with Gasteiger partial charge in [0.2, 0.25) is 5.91 Å². The zero-order chi connectivity index (χ0) is 17.6. The number of nitrogens with two attached hydrogens (primary N) is 1. The number of likely N-dealkylation sites (N-methyl/N-ethyl adjacent to an activating group) is 1. The Kier molecular flexibility index (Phi) is 5.58. The highest BCUT2D eigenvalue weighted by Crippen LogP contribution is 2.42. The summed E-state index contributed by atoms with van der Waals surface area (Å²) in [6, 6.07) is 6.00. The molecule has 2 saturated carbocycles. The Morgan fingerprint density at radius 1 is 1.23 bits per heavy atom. The van der Waals surface area contributed by atoms with Gasteiger partial charge in [0.05, 0.1) is 0 Å². The molecule has 2 bridgehead atoms. The Morgan fingerprint density at radius 3 is 2.62 bits per heavy atom. The minimum absolute atomic E-state index is 0. The standard InChI is InChI=1S/C20H27N3O2.ClH/c1-23-8-7-12-5-6-16(11-17(12)20(23)25)22-19(24)15-9-13-3-2-4-14(10-15)18(13)21;/h5-6,11,13-15,18H,2-4,7-10,21H2,1H3,(H,22,24);1H. The van der Waals surface area contributed by atoms with Crippen molar-refractivity contribution in [3.05, 3.63) is 29.3 Å². The maximum atomic E-state index is 12.8. The normalized spacial score (nSPS) is 30.2. The van der Waals surface area contributed by atoms with Gasteiger partial charge in [0.1, 0.15) is 0 Å². The molecular weight excluding hydrogens is 350 g/mol. The van der Waals surface area contributed by atoms with Crippen molar-refractivity contribution in [2.75, 3.05) is 18.9 Å². The average Bonchev–Trinajstić information content (AvgIpc) is 2.58. The third-order valence-corrected chi connectivity index (χ3v) is 6.45. The number of nitrogens with zero attached hydrogens (tertiary/aromatic N) is 1. The zero-order valence-corrected chi connectivity index (χ0v) is 16.1. The first-order valence-electron chi connectivity index (χ1n) is 9.48. The van der Waals surface area contributed by atoms with Crippen molar-refractivity contribution in [1.29, 1.82) is 0 Å². The number of hydrogen-bond donors (Lipinski definition) is 2. The topological polar surface area (TPSA) is 75.4 Å². The number of fused-ring (bicyclic) bond motifs is 3. The second-order valence-corrected chi connectivity index (χ2v) is 8.03. The van der Waals surface area contributed by atoms with Gasteiger partial charge in [0.15, 0.2) is 0 Å². The maximum Gasteiger partial charge on any atom is 0.253 e. The second kappa shape index (κ2) is 7.57. The van der Waals surface area contributed by atoms with Gasteiger partial charge in [0, 0.05) is 36.8 Å². The number of amides is 2. The van der Waals surface area contributed by atoms with Crippen LogP contribution < -0.4 is 11.1 Å². The first kappa shape index (κ1) is 19.2. The van der Waals surface area contributed by atoms with Gasteiger partial charge in [-0.2, -0.15) is 0 Å². The molecule has 1 heterocycles.